The number of ether oxygens (including phenoxy) is 1. The molecular weight excluding hydrogens is 266 g/mol. The molecule has 0 radical (unpaired) electrons. The predicted molar refractivity (Wildman–Crippen MR) is 71.6 cm³/mol. The minimum absolute atomic E-state index is 0.0257. The van der Waals surface area contributed by atoms with Crippen LogP contribution in [-0.2, 0) is 10.0 Å². The largest absolute Gasteiger partial charge is 0.495 e. The molecule has 106 valence electrons. The zero-order valence-electron chi connectivity index (χ0n) is 10.9. The number of aliphatic hydroxyl groups is 1. The maximum atomic E-state index is 12.6. The number of para-hydroxylation sites is 1. The average molecular weight is 285 g/mol. The summed E-state index contributed by atoms with van der Waals surface area (Å²) in [5, 5.41) is 9.20. The van der Waals surface area contributed by atoms with Crippen molar-refractivity contribution in [1.82, 2.24) is 4.31 Å². The molecule has 1 atom stereocenters. The number of benzene rings is 1. The second-order valence-corrected chi connectivity index (χ2v) is 6.61. The van der Waals surface area contributed by atoms with Crippen molar-refractivity contribution in [3.8, 4) is 5.75 Å². The van der Waals surface area contributed by atoms with E-state index in [-0.39, 0.29) is 17.4 Å². The molecule has 1 saturated heterocycles. The standard InChI is InChI=1S/C13H19NO4S/c1-18-12-6-2-3-7-13(12)19(16,17)14-8-4-5-11(9-14)10-15/h2-3,6-7,11,15H,4-5,8-10H2,1H3. The van der Waals surface area contributed by atoms with Gasteiger partial charge in [-0.15, -0.1) is 0 Å². The lowest BCUT2D eigenvalue weighted by atomic mass is 10.0. The van der Waals surface area contributed by atoms with Gasteiger partial charge in [-0.25, -0.2) is 8.42 Å². The van der Waals surface area contributed by atoms with Gasteiger partial charge in [-0.3, -0.25) is 0 Å². The Bertz CT molecular complexity index is 529. The van der Waals surface area contributed by atoms with Gasteiger partial charge in [-0.05, 0) is 30.9 Å². The summed E-state index contributed by atoms with van der Waals surface area (Å²) in [5.74, 6) is 0.381. The topological polar surface area (TPSA) is 66.8 Å². The van der Waals surface area contributed by atoms with Crippen LogP contribution in [0.4, 0.5) is 0 Å². The van der Waals surface area contributed by atoms with E-state index in [1.165, 1.54) is 11.4 Å². The minimum Gasteiger partial charge on any atom is -0.495 e. The third kappa shape index (κ3) is 2.91. The fraction of sp³-hybridized carbons (Fsp3) is 0.538. The molecule has 1 aromatic carbocycles. The molecule has 2 rings (SSSR count). The molecule has 6 heteroatoms. The van der Waals surface area contributed by atoms with E-state index in [4.69, 9.17) is 4.74 Å². The molecule has 1 aromatic rings. The summed E-state index contributed by atoms with van der Waals surface area (Å²) in [6.07, 6.45) is 1.65. The molecule has 0 aromatic heterocycles. The highest BCUT2D eigenvalue weighted by Gasteiger charge is 2.31. The number of hydrogen-bond acceptors (Lipinski definition) is 4. The summed E-state index contributed by atoms with van der Waals surface area (Å²) in [5.41, 5.74) is 0. The Hall–Kier alpha value is -1.11. The molecule has 19 heavy (non-hydrogen) atoms. The molecule has 0 amide bonds. The van der Waals surface area contributed by atoms with Gasteiger partial charge >= 0.3 is 0 Å². The summed E-state index contributed by atoms with van der Waals surface area (Å²) in [4.78, 5) is 0.191. The Morgan fingerprint density at radius 3 is 2.84 bits per heavy atom. The lowest BCUT2D eigenvalue weighted by Gasteiger charge is -2.31. The van der Waals surface area contributed by atoms with E-state index in [1.807, 2.05) is 0 Å². The third-order valence-electron chi connectivity index (χ3n) is 3.43. The second-order valence-electron chi connectivity index (χ2n) is 4.70. The fourth-order valence-electron chi connectivity index (χ4n) is 2.37. The first-order chi connectivity index (χ1) is 9.09. The first-order valence-electron chi connectivity index (χ1n) is 6.33. The molecule has 1 aliphatic rings. The van der Waals surface area contributed by atoms with E-state index in [2.05, 4.69) is 0 Å². The summed E-state index contributed by atoms with van der Waals surface area (Å²) in [6, 6.07) is 6.62. The van der Waals surface area contributed by atoms with Crippen molar-refractivity contribution in [3.05, 3.63) is 24.3 Å². The van der Waals surface area contributed by atoms with Gasteiger partial charge in [-0.1, -0.05) is 12.1 Å². The highest BCUT2D eigenvalue weighted by molar-refractivity contribution is 7.89. The van der Waals surface area contributed by atoms with Crippen molar-refractivity contribution in [2.45, 2.75) is 17.7 Å². The van der Waals surface area contributed by atoms with Gasteiger partial charge in [0.1, 0.15) is 10.6 Å². The summed E-state index contributed by atoms with van der Waals surface area (Å²) in [6.45, 7) is 0.895. The normalized spacial score (nSPS) is 21.3. The maximum absolute atomic E-state index is 12.6. The molecule has 0 bridgehead atoms. The van der Waals surface area contributed by atoms with Gasteiger partial charge < -0.3 is 9.84 Å². The number of nitrogens with zero attached hydrogens (tertiary/aromatic N) is 1. The van der Waals surface area contributed by atoms with Crippen molar-refractivity contribution >= 4 is 10.0 Å². The Labute approximate surface area is 113 Å². The van der Waals surface area contributed by atoms with Crippen molar-refractivity contribution < 1.29 is 18.3 Å². The SMILES string of the molecule is COc1ccccc1S(=O)(=O)N1CCCC(CO)C1. The summed E-state index contributed by atoms with van der Waals surface area (Å²) >= 11 is 0. The third-order valence-corrected chi connectivity index (χ3v) is 5.33. The van der Waals surface area contributed by atoms with Crippen molar-refractivity contribution in [1.29, 1.82) is 0 Å². The lowest BCUT2D eigenvalue weighted by molar-refractivity contribution is 0.165. The molecule has 0 aliphatic carbocycles. The van der Waals surface area contributed by atoms with Crippen LogP contribution in [0.1, 0.15) is 12.8 Å². The molecule has 5 nitrogen and oxygen atoms in total. The van der Waals surface area contributed by atoms with E-state index in [1.54, 1.807) is 24.3 Å². The van der Waals surface area contributed by atoms with Gasteiger partial charge in [-0.2, -0.15) is 4.31 Å². The summed E-state index contributed by atoms with van der Waals surface area (Å²) < 4.78 is 31.7. The molecule has 1 fully saturated rings. The number of sulfonamides is 1. The average Bonchev–Trinajstić information content (AvgIpc) is 2.47. The lowest BCUT2D eigenvalue weighted by Crippen LogP contribution is -2.40. The highest BCUT2D eigenvalue weighted by Crippen LogP contribution is 2.29. The van der Waals surface area contributed by atoms with Crippen LogP contribution in [0, 0.1) is 5.92 Å². The molecule has 1 aliphatic heterocycles. The van der Waals surface area contributed by atoms with Gasteiger partial charge in [0.15, 0.2) is 0 Å². The second kappa shape index (κ2) is 5.90. The van der Waals surface area contributed by atoms with Gasteiger partial charge in [0.25, 0.3) is 0 Å². The van der Waals surface area contributed by atoms with E-state index in [0.717, 1.165) is 12.8 Å². The molecular formula is C13H19NO4S. The Balaban J connectivity index is 2.31. The number of rotatable bonds is 4. The number of methoxy groups -OCH3 is 1. The predicted octanol–water partition coefficient (Wildman–Crippen LogP) is 1.09. The van der Waals surface area contributed by atoms with Gasteiger partial charge in [0.2, 0.25) is 10.0 Å². The molecule has 1 N–H and O–H groups in total. The van der Waals surface area contributed by atoms with Crippen LogP contribution >= 0.6 is 0 Å². The first kappa shape index (κ1) is 14.3. The quantitative estimate of drug-likeness (QED) is 0.899. The number of hydrogen-bond donors (Lipinski definition) is 1. The van der Waals surface area contributed by atoms with Crippen molar-refractivity contribution in [3.63, 3.8) is 0 Å². The summed E-state index contributed by atoms with van der Waals surface area (Å²) in [7, 11) is -2.09. The molecule has 1 unspecified atom stereocenters. The number of piperidine rings is 1. The van der Waals surface area contributed by atoms with Crippen molar-refractivity contribution in [2.75, 3.05) is 26.8 Å². The van der Waals surface area contributed by atoms with Crippen LogP contribution in [-0.4, -0.2) is 44.6 Å². The highest BCUT2D eigenvalue weighted by atomic mass is 32.2. The van der Waals surface area contributed by atoms with Gasteiger partial charge in [0, 0.05) is 19.7 Å². The van der Waals surface area contributed by atoms with E-state index < -0.39 is 10.0 Å². The van der Waals surface area contributed by atoms with E-state index in [9.17, 15) is 13.5 Å². The Kier molecular flexibility index (Phi) is 4.44. The van der Waals surface area contributed by atoms with Crippen LogP contribution in [0.15, 0.2) is 29.2 Å². The molecule has 1 heterocycles. The zero-order chi connectivity index (χ0) is 13.9. The Morgan fingerprint density at radius 1 is 1.42 bits per heavy atom. The molecule has 0 spiro atoms. The van der Waals surface area contributed by atoms with Crippen LogP contribution in [0.2, 0.25) is 0 Å². The zero-order valence-corrected chi connectivity index (χ0v) is 11.8. The fourth-order valence-corrected chi connectivity index (χ4v) is 4.08. The maximum Gasteiger partial charge on any atom is 0.246 e. The van der Waals surface area contributed by atoms with Crippen LogP contribution in [0.5, 0.6) is 5.75 Å². The Morgan fingerprint density at radius 2 is 2.16 bits per heavy atom. The van der Waals surface area contributed by atoms with E-state index in [0.29, 0.717) is 18.8 Å². The van der Waals surface area contributed by atoms with Crippen LogP contribution in [0.25, 0.3) is 0 Å². The number of aliphatic hydroxyl groups excluding tert-OH is 1. The molecule has 0 saturated carbocycles. The monoisotopic (exact) mass is 285 g/mol. The van der Waals surface area contributed by atoms with Crippen LogP contribution in [0.3, 0.4) is 0 Å². The minimum atomic E-state index is -3.55. The van der Waals surface area contributed by atoms with Crippen LogP contribution < -0.4 is 4.74 Å². The smallest absolute Gasteiger partial charge is 0.246 e. The van der Waals surface area contributed by atoms with E-state index >= 15 is 0 Å². The first-order valence-corrected chi connectivity index (χ1v) is 7.77. The van der Waals surface area contributed by atoms with Crippen molar-refractivity contribution in [2.24, 2.45) is 5.92 Å². The van der Waals surface area contributed by atoms with Gasteiger partial charge in [0.05, 0.1) is 7.11 Å².